The normalized spacial score (nSPS) is 12.7. The zero-order chi connectivity index (χ0) is 23.1. The predicted octanol–water partition coefficient (Wildman–Crippen LogP) is 4.20. The number of furan rings is 1. The summed E-state index contributed by atoms with van der Waals surface area (Å²) in [6, 6.07) is 19.8. The standard InChI is InChI=1S/C23H20ClN3O4S/c1-16(17-5-3-2-4-6-17)27-23(28)18(14-25)13-20-9-10-21(31-20)15-26-32(29,30)22-11-7-19(24)8-12-22/h2-13,16,26H,15H2,1H3,(H,27,28)/b18-13-/t16-/m1/s1. The summed E-state index contributed by atoms with van der Waals surface area (Å²) in [6.45, 7) is 1.72. The van der Waals surface area contributed by atoms with Crippen molar-refractivity contribution in [1.82, 2.24) is 10.0 Å². The molecule has 0 radical (unpaired) electrons. The van der Waals surface area contributed by atoms with Gasteiger partial charge in [0.25, 0.3) is 5.91 Å². The first-order chi connectivity index (χ1) is 15.3. The van der Waals surface area contributed by atoms with E-state index in [1.807, 2.05) is 43.3 Å². The lowest BCUT2D eigenvalue weighted by Crippen LogP contribution is -2.27. The molecule has 0 aliphatic rings. The molecular weight excluding hydrogens is 450 g/mol. The fourth-order valence-corrected chi connectivity index (χ4v) is 3.94. The van der Waals surface area contributed by atoms with Crippen LogP contribution < -0.4 is 10.0 Å². The molecule has 0 unspecified atom stereocenters. The highest BCUT2D eigenvalue weighted by molar-refractivity contribution is 7.89. The number of amides is 1. The van der Waals surface area contributed by atoms with Gasteiger partial charge in [0.15, 0.2) is 0 Å². The highest BCUT2D eigenvalue weighted by Gasteiger charge is 2.16. The van der Waals surface area contributed by atoms with Crippen molar-refractivity contribution in [3.63, 3.8) is 0 Å². The second kappa shape index (κ2) is 10.3. The summed E-state index contributed by atoms with van der Waals surface area (Å²) < 4.78 is 32.7. The third kappa shape index (κ3) is 6.08. The molecule has 3 rings (SSSR count). The molecule has 0 saturated carbocycles. The van der Waals surface area contributed by atoms with Crippen LogP contribution >= 0.6 is 11.6 Å². The van der Waals surface area contributed by atoms with Gasteiger partial charge in [-0.1, -0.05) is 41.9 Å². The fraction of sp³-hybridized carbons (Fsp3) is 0.130. The van der Waals surface area contributed by atoms with Crippen molar-refractivity contribution in [3.05, 3.63) is 94.4 Å². The topological polar surface area (TPSA) is 112 Å². The number of carbonyl (C=O) groups excluding carboxylic acids is 1. The highest BCUT2D eigenvalue weighted by atomic mass is 35.5. The molecule has 1 heterocycles. The van der Waals surface area contributed by atoms with Gasteiger partial charge in [-0.15, -0.1) is 0 Å². The van der Waals surface area contributed by atoms with Crippen LogP contribution in [0, 0.1) is 11.3 Å². The van der Waals surface area contributed by atoms with Crippen LogP contribution in [0.25, 0.3) is 6.08 Å². The molecule has 3 aromatic rings. The lowest BCUT2D eigenvalue weighted by Gasteiger charge is -2.13. The third-order valence-corrected chi connectivity index (χ3v) is 6.21. The average Bonchev–Trinajstić information content (AvgIpc) is 3.24. The number of hydrogen-bond donors (Lipinski definition) is 2. The molecule has 164 valence electrons. The maximum atomic E-state index is 12.5. The molecule has 0 aliphatic carbocycles. The lowest BCUT2D eigenvalue weighted by molar-refractivity contribution is -0.117. The number of sulfonamides is 1. The van der Waals surface area contributed by atoms with E-state index in [0.717, 1.165) is 5.56 Å². The van der Waals surface area contributed by atoms with Gasteiger partial charge in [0.05, 0.1) is 17.5 Å². The van der Waals surface area contributed by atoms with Gasteiger partial charge in [-0.25, -0.2) is 13.1 Å². The van der Waals surface area contributed by atoms with Crippen molar-refractivity contribution in [3.8, 4) is 6.07 Å². The van der Waals surface area contributed by atoms with E-state index in [0.29, 0.717) is 10.8 Å². The molecule has 0 fully saturated rings. The van der Waals surface area contributed by atoms with E-state index in [1.165, 1.54) is 30.3 Å². The first-order valence-electron chi connectivity index (χ1n) is 9.60. The third-order valence-electron chi connectivity index (χ3n) is 4.54. The fourth-order valence-electron chi connectivity index (χ4n) is 2.82. The molecule has 0 bridgehead atoms. The van der Waals surface area contributed by atoms with Crippen LogP contribution in [0.4, 0.5) is 0 Å². The molecule has 1 atom stereocenters. The van der Waals surface area contributed by atoms with Gasteiger partial charge in [0.2, 0.25) is 10.0 Å². The van der Waals surface area contributed by atoms with Crippen LogP contribution in [0.3, 0.4) is 0 Å². The van der Waals surface area contributed by atoms with E-state index in [4.69, 9.17) is 16.0 Å². The van der Waals surface area contributed by atoms with Crippen molar-refractivity contribution in [2.75, 3.05) is 0 Å². The summed E-state index contributed by atoms with van der Waals surface area (Å²) in [4.78, 5) is 12.5. The zero-order valence-corrected chi connectivity index (χ0v) is 18.7. The summed E-state index contributed by atoms with van der Waals surface area (Å²) in [5.74, 6) is 0.0409. The number of nitrogens with zero attached hydrogens (tertiary/aromatic N) is 1. The van der Waals surface area contributed by atoms with Crippen molar-refractivity contribution >= 4 is 33.6 Å². The highest BCUT2D eigenvalue weighted by Crippen LogP contribution is 2.17. The van der Waals surface area contributed by atoms with Crippen LogP contribution in [-0.2, 0) is 21.4 Å². The first kappa shape index (κ1) is 23.3. The summed E-state index contributed by atoms with van der Waals surface area (Å²) in [7, 11) is -3.75. The van der Waals surface area contributed by atoms with Crippen molar-refractivity contribution in [2.45, 2.75) is 24.4 Å². The molecule has 2 N–H and O–H groups in total. The molecule has 0 spiro atoms. The summed E-state index contributed by atoms with van der Waals surface area (Å²) >= 11 is 5.78. The van der Waals surface area contributed by atoms with E-state index >= 15 is 0 Å². The molecule has 1 aromatic heterocycles. The van der Waals surface area contributed by atoms with E-state index in [-0.39, 0.29) is 28.8 Å². The number of hydrogen-bond acceptors (Lipinski definition) is 5. The Hall–Kier alpha value is -3.38. The Bertz CT molecular complexity index is 1260. The van der Waals surface area contributed by atoms with Crippen LogP contribution in [0.5, 0.6) is 0 Å². The van der Waals surface area contributed by atoms with Crippen LogP contribution in [0.15, 0.2) is 81.6 Å². The second-order valence-corrected chi connectivity index (χ2v) is 9.06. The van der Waals surface area contributed by atoms with Gasteiger partial charge in [0, 0.05) is 11.1 Å². The molecular formula is C23H20ClN3O4S. The van der Waals surface area contributed by atoms with E-state index in [1.54, 1.807) is 12.1 Å². The zero-order valence-electron chi connectivity index (χ0n) is 17.1. The van der Waals surface area contributed by atoms with Gasteiger partial charge >= 0.3 is 0 Å². The van der Waals surface area contributed by atoms with E-state index < -0.39 is 15.9 Å². The van der Waals surface area contributed by atoms with Gasteiger partial charge in [0.1, 0.15) is 23.2 Å². The smallest absolute Gasteiger partial charge is 0.262 e. The van der Waals surface area contributed by atoms with E-state index in [2.05, 4.69) is 10.0 Å². The maximum Gasteiger partial charge on any atom is 0.262 e. The number of nitrogens with one attached hydrogen (secondary N) is 2. The predicted molar refractivity (Wildman–Crippen MR) is 121 cm³/mol. The van der Waals surface area contributed by atoms with Crippen LogP contribution in [0.2, 0.25) is 5.02 Å². The SMILES string of the molecule is C[C@@H](NC(=O)/C(C#N)=C\c1ccc(CNS(=O)(=O)c2ccc(Cl)cc2)o1)c1ccccc1. The minimum atomic E-state index is -3.75. The monoisotopic (exact) mass is 469 g/mol. The molecule has 1 amide bonds. The Morgan fingerprint density at radius 1 is 1.12 bits per heavy atom. The molecule has 2 aromatic carbocycles. The van der Waals surface area contributed by atoms with Gasteiger partial charge < -0.3 is 9.73 Å². The number of benzene rings is 2. The number of halogens is 1. The maximum absolute atomic E-state index is 12.5. The number of nitriles is 1. The Balaban J connectivity index is 1.65. The summed E-state index contributed by atoms with van der Waals surface area (Å²) in [6.07, 6.45) is 1.31. The Labute approximate surface area is 191 Å². The van der Waals surface area contributed by atoms with Crippen molar-refractivity contribution < 1.29 is 17.6 Å². The van der Waals surface area contributed by atoms with E-state index in [9.17, 15) is 18.5 Å². The first-order valence-corrected chi connectivity index (χ1v) is 11.5. The van der Waals surface area contributed by atoms with Crippen LogP contribution in [-0.4, -0.2) is 14.3 Å². The Kier molecular flexibility index (Phi) is 7.49. The minimum Gasteiger partial charge on any atom is -0.460 e. The number of rotatable bonds is 8. The molecule has 9 heteroatoms. The lowest BCUT2D eigenvalue weighted by atomic mass is 10.1. The summed E-state index contributed by atoms with van der Waals surface area (Å²) in [5, 5.41) is 12.6. The Morgan fingerprint density at radius 3 is 2.47 bits per heavy atom. The average molecular weight is 470 g/mol. The Morgan fingerprint density at radius 2 is 1.81 bits per heavy atom. The second-order valence-electron chi connectivity index (χ2n) is 6.86. The van der Waals surface area contributed by atoms with Crippen molar-refractivity contribution in [2.24, 2.45) is 0 Å². The summed E-state index contributed by atoms with van der Waals surface area (Å²) in [5.41, 5.74) is 0.779. The number of carbonyl (C=O) groups is 1. The molecule has 32 heavy (non-hydrogen) atoms. The van der Waals surface area contributed by atoms with Crippen molar-refractivity contribution in [1.29, 1.82) is 5.26 Å². The minimum absolute atomic E-state index is 0.0737. The molecule has 7 nitrogen and oxygen atoms in total. The molecule has 0 saturated heterocycles. The quantitative estimate of drug-likeness (QED) is 0.379. The van der Waals surface area contributed by atoms with Gasteiger partial charge in [-0.3, -0.25) is 4.79 Å². The van der Waals surface area contributed by atoms with Gasteiger partial charge in [-0.2, -0.15) is 5.26 Å². The largest absolute Gasteiger partial charge is 0.460 e. The van der Waals surface area contributed by atoms with Crippen LogP contribution in [0.1, 0.15) is 30.0 Å². The molecule has 0 aliphatic heterocycles. The van der Waals surface area contributed by atoms with Gasteiger partial charge in [-0.05, 0) is 48.9 Å².